The van der Waals surface area contributed by atoms with Crippen molar-refractivity contribution in [1.82, 2.24) is 14.9 Å². The number of rotatable bonds is 10. The van der Waals surface area contributed by atoms with Crippen molar-refractivity contribution in [2.24, 2.45) is 5.92 Å². The van der Waals surface area contributed by atoms with E-state index in [1.165, 1.54) is 12.1 Å². The molecular formula is C23H27N3O6S. The SMILES string of the molecule is CCOc1ccccc1-c1noc(COC(=O)[C@@H](NS(=O)(=O)c2ccc(C)cc2)C(C)C)n1. The highest BCUT2D eigenvalue weighted by molar-refractivity contribution is 7.89. The van der Waals surface area contributed by atoms with Crippen LogP contribution in [0.3, 0.4) is 0 Å². The number of para-hydroxylation sites is 1. The minimum atomic E-state index is -3.91. The van der Waals surface area contributed by atoms with Gasteiger partial charge in [0.25, 0.3) is 5.89 Å². The second-order valence-electron chi connectivity index (χ2n) is 7.70. The van der Waals surface area contributed by atoms with Gasteiger partial charge in [-0.25, -0.2) is 8.42 Å². The van der Waals surface area contributed by atoms with Crippen molar-refractivity contribution in [1.29, 1.82) is 0 Å². The van der Waals surface area contributed by atoms with Gasteiger partial charge in [0.2, 0.25) is 15.8 Å². The number of benzene rings is 2. The summed E-state index contributed by atoms with van der Waals surface area (Å²) in [7, 11) is -3.91. The molecule has 0 saturated heterocycles. The average Bonchev–Trinajstić information content (AvgIpc) is 3.25. The normalized spacial score (nSPS) is 12.5. The van der Waals surface area contributed by atoms with E-state index in [0.29, 0.717) is 23.7 Å². The minimum Gasteiger partial charge on any atom is -0.493 e. The van der Waals surface area contributed by atoms with Crippen LogP contribution in [-0.2, 0) is 26.2 Å². The highest BCUT2D eigenvalue weighted by Gasteiger charge is 2.30. The number of aromatic nitrogens is 2. The number of ether oxygens (including phenoxy) is 2. The lowest BCUT2D eigenvalue weighted by molar-refractivity contribution is -0.148. The maximum atomic E-state index is 12.7. The van der Waals surface area contributed by atoms with Crippen LogP contribution in [0.2, 0.25) is 0 Å². The van der Waals surface area contributed by atoms with Gasteiger partial charge in [0.05, 0.1) is 17.1 Å². The van der Waals surface area contributed by atoms with Crippen LogP contribution in [0.25, 0.3) is 11.4 Å². The quantitative estimate of drug-likeness (QED) is 0.444. The molecule has 0 aliphatic heterocycles. The largest absolute Gasteiger partial charge is 0.493 e. The van der Waals surface area contributed by atoms with Crippen LogP contribution in [0.1, 0.15) is 32.2 Å². The van der Waals surface area contributed by atoms with E-state index >= 15 is 0 Å². The highest BCUT2D eigenvalue weighted by Crippen LogP contribution is 2.27. The van der Waals surface area contributed by atoms with Crippen LogP contribution in [0.15, 0.2) is 57.9 Å². The molecule has 9 nitrogen and oxygen atoms in total. The molecule has 0 fully saturated rings. The Kier molecular flexibility index (Phi) is 7.83. The first-order chi connectivity index (χ1) is 15.7. The van der Waals surface area contributed by atoms with Crippen molar-refractivity contribution in [2.75, 3.05) is 6.61 Å². The van der Waals surface area contributed by atoms with Crippen molar-refractivity contribution in [3.8, 4) is 17.1 Å². The molecule has 0 radical (unpaired) electrons. The van der Waals surface area contributed by atoms with E-state index in [9.17, 15) is 13.2 Å². The van der Waals surface area contributed by atoms with E-state index in [-0.39, 0.29) is 23.3 Å². The lowest BCUT2D eigenvalue weighted by atomic mass is 10.1. The molecule has 2 aromatic carbocycles. The number of sulfonamides is 1. The van der Waals surface area contributed by atoms with Gasteiger partial charge < -0.3 is 14.0 Å². The Balaban J connectivity index is 1.68. The summed E-state index contributed by atoms with van der Waals surface area (Å²) in [5.74, 6) is -0.113. The Morgan fingerprint density at radius 1 is 1.12 bits per heavy atom. The Bertz CT molecular complexity index is 1190. The van der Waals surface area contributed by atoms with Gasteiger partial charge in [-0.15, -0.1) is 0 Å². The van der Waals surface area contributed by atoms with Gasteiger partial charge in [0, 0.05) is 0 Å². The van der Waals surface area contributed by atoms with Gasteiger partial charge in [-0.1, -0.05) is 48.8 Å². The first-order valence-corrected chi connectivity index (χ1v) is 12.0. The van der Waals surface area contributed by atoms with Gasteiger partial charge >= 0.3 is 5.97 Å². The fraction of sp³-hybridized carbons (Fsp3) is 0.348. The summed E-state index contributed by atoms with van der Waals surface area (Å²) in [5.41, 5.74) is 1.57. The standard InChI is InChI=1S/C23H27N3O6S/c1-5-30-19-9-7-6-8-18(19)22-24-20(32-25-22)14-31-23(27)21(15(2)3)26-33(28,29)17-12-10-16(4)11-13-17/h6-13,15,21,26H,5,14H2,1-4H3/t21-/m0/s1. The number of nitrogens with zero attached hydrogens (tertiary/aromatic N) is 2. The van der Waals surface area contributed by atoms with Crippen LogP contribution in [0.5, 0.6) is 5.75 Å². The molecule has 1 heterocycles. The summed E-state index contributed by atoms with van der Waals surface area (Å²) in [4.78, 5) is 17.0. The first kappa shape index (κ1) is 24.4. The predicted molar refractivity (Wildman–Crippen MR) is 121 cm³/mol. The highest BCUT2D eigenvalue weighted by atomic mass is 32.2. The zero-order valence-corrected chi connectivity index (χ0v) is 19.8. The Morgan fingerprint density at radius 3 is 2.48 bits per heavy atom. The lowest BCUT2D eigenvalue weighted by Crippen LogP contribution is -2.45. The zero-order valence-electron chi connectivity index (χ0n) is 18.9. The number of hydrogen-bond acceptors (Lipinski definition) is 8. The first-order valence-electron chi connectivity index (χ1n) is 10.5. The lowest BCUT2D eigenvalue weighted by Gasteiger charge is -2.20. The molecule has 0 aliphatic carbocycles. The third-order valence-electron chi connectivity index (χ3n) is 4.77. The fourth-order valence-electron chi connectivity index (χ4n) is 2.99. The van der Waals surface area contributed by atoms with Crippen LogP contribution in [-0.4, -0.2) is 37.2 Å². The molecular weight excluding hydrogens is 446 g/mol. The summed E-state index contributed by atoms with van der Waals surface area (Å²) in [6, 6.07) is 12.5. The summed E-state index contributed by atoms with van der Waals surface area (Å²) in [6.07, 6.45) is 0. The molecule has 10 heteroatoms. The van der Waals surface area contributed by atoms with E-state index in [0.717, 1.165) is 5.56 Å². The number of hydrogen-bond donors (Lipinski definition) is 1. The number of carbonyl (C=O) groups excluding carboxylic acids is 1. The summed E-state index contributed by atoms with van der Waals surface area (Å²) >= 11 is 0. The van der Waals surface area contributed by atoms with Gasteiger partial charge in [0.15, 0.2) is 6.61 Å². The molecule has 0 saturated carbocycles. The van der Waals surface area contributed by atoms with Gasteiger partial charge in [-0.3, -0.25) is 4.79 Å². The topological polar surface area (TPSA) is 121 Å². The molecule has 1 N–H and O–H groups in total. The van der Waals surface area contributed by atoms with E-state index in [2.05, 4.69) is 14.9 Å². The third kappa shape index (κ3) is 6.17. The Labute approximate surface area is 193 Å². The average molecular weight is 474 g/mol. The maximum Gasteiger partial charge on any atom is 0.324 e. The van der Waals surface area contributed by atoms with E-state index in [4.69, 9.17) is 14.0 Å². The third-order valence-corrected chi connectivity index (χ3v) is 6.22. The van der Waals surface area contributed by atoms with E-state index in [1.807, 2.05) is 26.0 Å². The predicted octanol–water partition coefficient (Wildman–Crippen LogP) is 3.49. The molecule has 0 aliphatic rings. The monoisotopic (exact) mass is 473 g/mol. The molecule has 3 rings (SSSR count). The molecule has 33 heavy (non-hydrogen) atoms. The second-order valence-corrected chi connectivity index (χ2v) is 9.42. The van der Waals surface area contributed by atoms with Crippen LogP contribution < -0.4 is 9.46 Å². The summed E-state index contributed by atoms with van der Waals surface area (Å²) in [5, 5.41) is 3.92. The van der Waals surface area contributed by atoms with Gasteiger partial charge in [0.1, 0.15) is 11.8 Å². The number of carbonyl (C=O) groups is 1. The van der Waals surface area contributed by atoms with Crippen molar-refractivity contribution in [2.45, 2.75) is 45.2 Å². The molecule has 1 aromatic heterocycles. The van der Waals surface area contributed by atoms with Crippen molar-refractivity contribution < 1.29 is 27.2 Å². The van der Waals surface area contributed by atoms with E-state index in [1.54, 1.807) is 38.1 Å². The Morgan fingerprint density at radius 2 is 1.82 bits per heavy atom. The minimum absolute atomic E-state index is 0.0704. The fourth-order valence-corrected chi connectivity index (χ4v) is 4.32. The molecule has 176 valence electrons. The molecule has 0 spiro atoms. The smallest absolute Gasteiger partial charge is 0.324 e. The zero-order chi connectivity index (χ0) is 24.0. The van der Waals surface area contributed by atoms with Crippen molar-refractivity contribution >= 4 is 16.0 Å². The van der Waals surface area contributed by atoms with Crippen molar-refractivity contribution in [3.63, 3.8) is 0 Å². The molecule has 0 bridgehead atoms. The van der Waals surface area contributed by atoms with Crippen LogP contribution in [0.4, 0.5) is 0 Å². The Hall–Kier alpha value is -3.24. The summed E-state index contributed by atoms with van der Waals surface area (Å²) < 4.78 is 43.9. The van der Waals surface area contributed by atoms with Crippen molar-refractivity contribution in [3.05, 3.63) is 60.0 Å². The number of aryl methyl sites for hydroxylation is 1. The molecule has 0 amide bonds. The number of esters is 1. The van der Waals surface area contributed by atoms with Gasteiger partial charge in [-0.2, -0.15) is 9.71 Å². The second kappa shape index (κ2) is 10.6. The van der Waals surface area contributed by atoms with Crippen LogP contribution in [0, 0.1) is 12.8 Å². The molecule has 3 aromatic rings. The number of nitrogens with one attached hydrogen (secondary N) is 1. The molecule has 0 unspecified atom stereocenters. The van der Waals surface area contributed by atoms with E-state index < -0.39 is 22.0 Å². The van der Waals surface area contributed by atoms with Gasteiger partial charge in [-0.05, 0) is 44.0 Å². The molecule has 1 atom stereocenters. The summed E-state index contributed by atoms with van der Waals surface area (Å²) in [6.45, 7) is 7.36. The maximum absolute atomic E-state index is 12.7. The van der Waals surface area contributed by atoms with Crippen LogP contribution >= 0.6 is 0 Å².